The third kappa shape index (κ3) is 3.35. The van der Waals surface area contributed by atoms with Crippen LogP contribution in [0.3, 0.4) is 0 Å². The number of carbonyl (C=O) groups excluding carboxylic acids is 1. The Morgan fingerprint density at radius 3 is 3.00 bits per heavy atom. The lowest BCUT2D eigenvalue weighted by atomic mass is 10.2. The molecule has 136 valence electrons. The molecule has 1 aliphatic heterocycles. The van der Waals surface area contributed by atoms with Crippen molar-refractivity contribution in [3.05, 3.63) is 52.3 Å². The van der Waals surface area contributed by atoms with Crippen LogP contribution in [-0.2, 0) is 0 Å². The maximum absolute atomic E-state index is 12.3. The summed E-state index contributed by atoms with van der Waals surface area (Å²) >= 11 is 1.36. The molecule has 4 heterocycles. The van der Waals surface area contributed by atoms with Gasteiger partial charge in [0.25, 0.3) is 5.56 Å². The van der Waals surface area contributed by atoms with Crippen LogP contribution in [0.4, 0.5) is 10.5 Å². The highest BCUT2D eigenvalue weighted by Gasteiger charge is 2.26. The van der Waals surface area contributed by atoms with Gasteiger partial charge in [0.15, 0.2) is 4.96 Å². The Morgan fingerprint density at radius 1 is 1.38 bits per heavy atom. The highest BCUT2D eigenvalue weighted by atomic mass is 32.1. The highest BCUT2D eigenvalue weighted by molar-refractivity contribution is 7.15. The number of nitrogens with one attached hydrogen (secondary N) is 2. The molecule has 8 nitrogen and oxygen atoms in total. The summed E-state index contributed by atoms with van der Waals surface area (Å²) in [5, 5.41) is 7.21. The Balaban J connectivity index is 1.43. The summed E-state index contributed by atoms with van der Waals surface area (Å²) in [5.74, 6) is 0.827. The third-order valence-corrected chi connectivity index (χ3v) is 5.27. The van der Waals surface area contributed by atoms with Gasteiger partial charge in [-0.3, -0.25) is 14.1 Å². The number of carbonyl (C=O) groups is 1. The van der Waals surface area contributed by atoms with Crippen LogP contribution >= 0.6 is 11.3 Å². The smallest absolute Gasteiger partial charge is 0.319 e. The number of amides is 2. The predicted octanol–water partition coefficient (Wildman–Crippen LogP) is 2.31. The van der Waals surface area contributed by atoms with E-state index in [0.717, 1.165) is 31.7 Å². The standard InChI is InChI=1S/C17H19N5O3S/c23-15-12(10-19-17-22(15)7-9-26-17)20-16(24)18-11-13(14-4-3-8-25-14)21-5-1-2-6-21/h3-4,7-10,13H,1-2,5-6,11H2,(H2,18,20,24)/t13-/m0/s1. The number of urea groups is 1. The molecule has 0 aliphatic carbocycles. The van der Waals surface area contributed by atoms with Crippen LogP contribution in [-0.4, -0.2) is 39.9 Å². The Kier molecular flexibility index (Phi) is 4.72. The van der Waals surface area contributed by atoms with Gasteiger partial charge in [0.1, 0.15) is 11.4 Å². The highest BCUT2D eigenvalue weighted by Crippen LogP contribution is 2.24. The molecular weight excluding hydrogens is 354 g/mol. The number of aromatic nitrogens is 2. The lowest BCUT2D eigenvalue weighted by Gasteiger charge is -2.25. The molecule has 2 N–H and O–H groups in total. The van der Waals surface area contributed by atoms with Crippen molar-refractivity contribution < 1.29 is 9.21 Å². The summed E-state index contributed by atoms with van der Waals surface area (Å²) in [6.45, 7) is 2.36. The summed E-state index contributed by atoms with van der Waals surface area (Å²) in [6, 6.07) is 3.32. The molecule has 4 rings (SSSR count). The number of fused-ring (bicyclic) bond motifs is 1. The van der Waals surface area contributed by atoms with Gasteiger partial charge in [0, 0.05) is 18.1 Å². The number of hydrogen-bond acceptors (Lipinski definition) is 6. The van der Waals surface area contributed by atoms with Crippen molar-refractivity contribution in [1.29, 1.82) is 0 Å². The molecule has 0 aromatic carbocycles. The van der Waals surface area contributed by atoms with Gasteiger partial charge in [0.2, 0.25) is 0 Å². The number of thiazole rings is 1. The number of furan rings is 1. The van der Waals surface area contributed by atoms with E-state index in [1.54, 1.807) is 17.8 Å². The molecule has 1 fully saturated rings. The van der Waals surface area contributed by atoms with Crippen molar-refractivity contribution in [3.8, 4) is 0 Å². The van der Waals surface area contributed by atoms with Crippen LogP contribution < -0.4 is 16.2 Å². The van der Waals surface area contributed by atoms with E-state index in [0.29, 0.717) is 11.5 Å². The molecule has 26 heavy (non-hydrogen) atoms. The summed E-state index contributed by atoms with van der Waals surface area (Å²) < 4.78 is 6.95. The fourth-order valence-electron chi connectivity index (χ4n) is 3.21. The van der Waals surface area contributed by atoms with E-state index in [4.69, 9.17) is 4.42 Å². The molecule has 0 bridgehead atoms. The lowest BCUT2D eigenvalue weighted by Crippen LogP contribution is -2.39. The van der Waals surface area contributed by atoms with E-state index in [9.17, 15) is 9.59 Å². The van der Waals surface area contributed by atoms with Crippen molar-refractivity contribution in [3.63, 3.8) is 0 Å². The van der Waals surface area contributed by atoms with E-state index in [1.165, 1.54) is 21.9 Å². The van der Waals surface area contributed by atoms with Crippen molar-refractivity contribution in [2.75, 3.05) is 25.0 Å². The second kappa shape index (κ2) is 7.30. The van der Waals surface area contributed by atoms with Gasteiger partial charge in [-0.15, -0.1) is 11.3 Å². The minimum Gasteiger partial charge on any atom is -0.468 e. The predicted molar refractivity (Wildman–Crippen MR) is 98.6 cm³/mol. The molecule has 1 saturated heterocycles. The molecule has 1 aliphatic rings. The maximum Gasteiger partial charge on any atom is 0.319 e. The topological polar surface area (TPSA) is 91.9 Å². The van der Waals surface area contributed by atoms with Crippen molar-refractivity contribution >= 4 is 28.0 Å². The fraction of sp³-hybridized carbons (Fsp3) is 0.353. The normalized spacial score (nSPS) is 16.0. The Labute approximate surface area is 153 Å². The monoisotopic (exact) mass is 373 g/mol. The minimum atomic E-state index is -0.435. The molecule has 0 spiro atoms. The molecule has 3 aromatic heterocycles. The van der Waals surface area contributed by atoms with Gasteiger partial charge in [-0.05, 0) is 38.1 Å². The summed E-state index contributed by atoms with van der Waals surface area (Å²) in [4.78, 5) is 31.7. The van der Waals surface area contributed by atoms with Gasteiger partial charge < -0.3 is 15.1 Å². The first-order chi connectivity index (χ1) is 12.7. The Morgan fingerprint density at radius 2 is 2.23 bits per heavy atom. The number of nitrogens with zero attached hydrogens (tertiary/aromatic N) is 3. The quantitative estimate of drug-likeness (QED) is 0.716. The first-order valence-electron chi connectivity index (χ1n) is 8.49. The first-order valence-corrected chi connectivity index (χ1v) is 9.37. The van der Waals surface area contributed by atoms with Gasteiger partial charge in [-0.1, -0.05) is 0 Å². The average Bonchev–Trinajstić information content (AvgIpc) is 3.40. The average molecular weight is 373 g/mol. The minimum absolute atomic E-state index is 0.0168. The molecule has 0 radical (unpaired) electrons. The Bertz CT molecular complexity index is 943. The summed E-state index contributed by atoms with van der Waals surface area (Å²) in [5.41, 5.74) is -0.150. The van der Waals surface area contributed by atoms with Crippen LogP contribution in [0.25, 0.3) is 4.96 Å². The summed E-state index contributed by atoms with van der Waals surface area (Å²) in [6.07, 6.45) is 6.96. The molecule has 0 saturated carbocycles. The zero-order valence-electron chi connectivity index (χ0n) is 14.1. The van der Waals surface area contributed by atoms with Crippen molar-refractivity contribution in [1.82, 2.24) is 19.6 Å². The third-order valence-electron chi connectivity index (χ3n) is 4.50. The second-order valence-corrected chi connectivity index (χ2v) is 7.01. The molecule has 9 heteroatoms. The van der Waals surface area contributed by atoms with E-state index in [-0.39, 0.29) is 17.3 Å². The number of rotatable bonds is 5. The van der Waals surface area contributed by atoms with Gasteiger partial charge in [0.05, 0.1) is 18.5 Å². The molecular formula is C17H19N5O3S. The largest absolute Gasteiger partial charge is 0.468 e. The number of likely N-dealkylation sites (tertiary alicyclic amines) is 1. The molecule has 3 aromatic rings. The van der Waals surface area contributed by atoms with E-state index < -0.39 is 6.03 Å². The van der Waals surface area contributed by atoms with Crippen LogP contribution in [0.5, 0.6) is 0 Å². The molecule has 0 unspecified atom stereocenters. The van der Waals surface area contributed by atoms with Crippen LogP contribution in [0.15, 0.2) is 45.4 Å². The zero-order chi connectivity index (χ0) is 17.9. The number of hydrogen-bond donors (Lipinski definition) is 2. The van der Waals surface area contributed by atoms with Crippen molar-refractivity contribution in [2.24, 2.45) is 0 Å². The lowest BCUT2D eigenvalue weighted by molar-refractivity contribution is 0.207. The second-order valence-electron chi connectivity index (χ2n) is 6.14. The van der Waals surface area contributed by atoms with E-state index in [2.05, 4.69) is 20.5 Å². The molecule has 2 amide bonds. The molecule has 1 atom stereocenters. The van der Waals surface area contributed by atoms with Gasteiger partial charge >= 0.3 is 6.03 Å². The van der Waals surface area contributed by atoms with Crippen molar-refractivity contribution in [2.45, 2.75) is 18.9 Å². The maximum atomic E-state index is 12.3. The number of anilines is 1. The van der Waals surface area contributed by atoms with E-state index in [1.807, 2.05) is 12.1 Å². The van der Waals surface area contributed by atoms with Crippen LogP contribution in [0, 0.1) is 0 Å². The van der Waals surface area contributed by atoms with Gasteiger partial charge in [-0.2, -0.15) is 0 Å². The van der Waals surface area contributed by atoms with E-state index >= 15 is 0 Å². The van der Waals surface area contributed by atoms with Crippen LogP contribution in [0.1, 0.15) is 24.6 Å². The first kappa shape index (κ1) is 16.8. The summed E-state index contributed by atoms with van der Waals surface area (Å²) in [7, 11) is 0. The Hall–Kier alpha value is -2.65. The SMILES string of the molecule is O=C(NC[C@@H](c1ccco1)N1CCCC1)Nc1cnc2sccn2c1=O. The fourth-order valence-corrected chi connectivity index (χ4v) is 3.89. The zero-order valence-corrected chi connectivity index (χ0v) is 14.9. The van der Waals surface area contributed by atoms with Crippen LogP contribution in [0.2, 0.25) is 0 Å². The van der Waals surface area contributed by atoms with Gasteiger partial charge in [-0.25, -0.2) is 9.78 Å².